The molecule has 0 aliphatic carbocycles. The molecule has 1 aromatic carbocycles. The SMILES string of the molecule is CCc1cc(CBr)cc(C(=O)CCBr)c1. The van der Waals surface area contributed by atoms with Crippen molar-refractivity contribution in [2.75, 3.05) is 5.33 Å². The van der Waals surface area contributed by atoms with E-state index < -0.39 is 0 Å². The first-order valence-corrected chi connectivity index (χ1v) is 7.23. The highest BCUT2D eigenvalue weighted by Crippen LogP contribution is 2.15. The van der Waals surface area contributed by atoms with Crippen LogP contribution in [0, 0.1) is 0 Å². The number of aryl methyl sites for hydroxylation is 1. The molecule has 82 valence electrons. The molecule has 1 nitrogen and oxygen atoms in total. The molecule has 0 saturated heterocycles. The van der Waals surface area contributed by atoms with Crippen LogP contribution >= 0.6 is 31.9 Å². The van der Waals surface area contributed by atoms with E-state index in [1.165, 1.54) is 11.1 Å². The van der Waals surface area contributed by atoms with Crippen LogP contribution in [-0.2, 0) is 11.8 Å². The molecule has 0 atom stereocenters. The standard InChI is InChI=1S/C12H14Br2O/c1-2-9-5-10(8-14)7-11(6-9)12(15)3-4-13/h5-7H,2-4,8H2,1H3. The van der Waals surface area contributed by atoms with Gasteiger partial charge in [-0.05, 0) is 29.7 Å². The summed E-state index contributed by atoms with van der Waals surface area (Å²) < 4.78 is 0. The second kappa shape index (κ2) is 6.44. The lowest BCUT2D eigenvalue weighted by molar-refractivity contribution is 0.0989. The molecule has 0 N–H and O–H groups in total. The summed E-state index contributed by atoms with van der Waals surface area (Å²) in [5.74, 6) is 0.212. The number of hydrogen-bond acceptors (Lipinski definition) is 1. The molecule has 0 aromatic heterocycles. The molecule has 1 rings (SSSR count). The topological polar surface area (TPSA) is 17.1 Å². The molecule has 0 aliphatic rings. The van der Waals surface area contributed by atoms with E-state index in [4.69, 9.17) is 0 Å². The zero-order valence-electron chi connectivity index (χ0n) is 8.72. The van der Waals surface area contributed by atoms with Crippen molar-refractivity contribution in [2.45, 2.75) is 25.1 Å². The summed E-state index contributed by atoms with van der Waals surface area (Å²) in [7, 11) is 0. The van der Waals surface area contributed by atoms with Gasteiger partial charge in [-0.1, -0.05) is 44.8 Å². The van der Waals surface area contributed by atoms with Gasteiger partial charge < -0.3 is 0 Å². The number of alkyl halides is 2. The van der Waals surface area contributed by atoms with E-state index in [1.54, 1.807) is 0 Å². The average molecular weight is 334 g/mol. The molecule has 3 heteroatoms. The third kappa shape index (κ3) is 3.72. The number of Topliss-reactive ketones (excluding diaryl/α,β-unsaturated/α-hetero) is 1. The first-order valence-electron chi connectivity index (χ1n) is 4.99. The summed E-state index contributed by atoms with van der Waals surface area (Å²) in [6.07, 6.45) is 1.53. The van der Waals surface area contributed by atoms with E-state index in [9.17, 15) is 4.79 Å². The lowest BCUT2D eigenvalue weighted by atomic mass is 10.0. The largest absolute Gasteiger partial charge is 0.294 e. The van der Waals surface area contributed by atoms with Gasteiger partial charge >= 0.3 is 0 Å². The van der Waals surface area contributed by atoms with Gasteiger partial charge in [0, 0.05) is 22.6 Å². The normalized spacial score (nSPS) is 10.3. The van der Waals surface area contributed by atoms with Gasteiger partial charge in [0.15, 0.2) is 5.78 Å². The predicted molar refractivity (Wildman–Crippen MR) is 71.2 cm³/mol. The van der Waals surface area contributed by atoms with Crippen LogP contribution in [-0.4, -0.2) is 11.1 Å². The highest BCUT2D eigenvalue weighted by molar-refractivity contribution is 9.09. The minimum absolute atomic E-state index is 0.212. The molecular formula is C12H14Br2O. The van der Waals surface area contributed by atoms with Gasteiger partial charge in [-0.15, -0.1) is 0 Å². The van der Waals surface area contributed by atoms with Crippen molar-refractivity contribution < 1.29 is 4.79 Å². The molecule has 0 amide bonds. The van der Waals surface area contributed by atoms with Crippen LogP contribution in [0.2, 0.25) is 0 Å². The summed E-state index contributed by atoms with van der Waals surface area (Å²) in [5.41, 5.74) is 3.24. The van der Waals surface area contributed by atoms with Gasteiger partial charge in [-0.25, -0.2) is 0 Å². The first-order chi connectivity index (χ1) is 7.21. The molecule has 0 bridgehead atoms. The third-order valence-corrected chi connectivity index (χ3v) is 3.30. The minimum Gasteiger partial charge on any atom is -0.294 e. The van der Waals surface area contributed by atoms with Crippen LogP contribution in [0.3, 0.4) is 0 Å². The van der Waals surface area contributed by atoms with Gasteiger partial charge in [0.05, 0.1) is 0 Å². The molecule has 15 heavy (non-hydrogen) atoms. The second-order valence-electron chi connectivity index (χ2n) is 3.39. The Kier molecular flexibility index (Phi) is 5.54. The fourth-order valence-electron chi connectivity index (χ4n) is 1.44. The Labute approximate surface area is 108 Å². The monoisotopic (exact) mass is 332 g/mol. The van der Waals surface area contributed by atoms with Crippen molar-refractivity contribution in [3.05, 3.63) is 34.9 Å². The molecule has 0 saturated carbocycles. The maximum atomic E-state index is 11.7. The van der Waals surface area contributed by atoms with E-state index in [0.717, 1.165) is 22.6 Å². The van der Waals surface area contributed by atoms with Crippen molar-refractivity contribution in [2.24, 2.45) is 0 Å². The van der Waals surface area contributed by atoms with Gasteiger partial charge in [-0.3, -0.25) is 4.79 Å². The fraction of sp³-hybridized carbons (Fsp3) is 0.417. The van der Waals surface area contributed by atoms with Crippen molar-refractivity contribution >= 4 is 37.6 Å². The first kappa shape index (κ1) is 12.9. The Balaban J connectivity index is 3.01. The van der Waals surface area contributed by atoms with E-state index in [0.29, 0.717) is 6.42 Å². The Hall–Kier alpha value is -0.150. The van der Waals surface area contributed by atoms with E-state index in [-0.39, 0.29) is 5.78 Å². The Bertz CT molecular complexity index is 325. The molecule has 0 fully saturated rings. The van der Waals surface area contributed by atoms with Gasteiger partial charge in [-0.2, -0.15) is 0 Å². The van der Waals surface area contributed by atoms with Crippen LogP contribution in [0.5, 0.6) is 0 Å². The quantitative estimate of drug-likeness (QED) is 0.585. The Morgan fingerprint density at radius 3 is 2.40 bits per heavy atom. The maximum Gasteiger partial charge on any atom is 0.163 e. The second-order valence-corrected chi connectivity index (χ2v) is 4.74. The maximum absolute atomic E-state index is 11.7. The zero-order chi connectivity index (χ0) is 11.3. The van der Waals surface area contributed by atoms with Crippen LogP contribution in [0.1, 0.15) is 34.8 Å². The number of carbonyl (C=O) groups is 1. The van der Waals surface area contributed by atoms with Crippen molar-refractivity contribution in [1.82, 2.24) is 0 Å². The van der Waals surface area contributed by atoms with Crippen LogP contribution < -0.4 is 0 Å². The van der Waals surface area contributed by atoms with E-state index >= 15 is 0 Å². The van der Waals surface area contributed by atoms with E-state index in [2.05, 4.69) is 44.8 Å². The van der Waals surface area contributed by atoms with Gasteiger partial charge in [0.25, 0.3) is 0 Å². The Morgan fingerprint density at radius 2 is 1.87 bits per heavy atom. The summed E-state index contributed by atoms with van der Waals surface area (Å²) in [4.78, 5) is 11.7. The summed E-state index contributed by atoms with van der Waals surface area (Å²) in [6.45, 7) is 2.10. The lowest BCUT2D eigenvalue weighted by Crippen LogP contribution is -2.01. The molecule has 0 spiro atoms. The van der Waals surface area contributed by atoms with Crippen molar-refractivity contribution in [3.8, 4) is 0 Å². The number of benzene rings is 1. The number of carbonyl (C=O) groups excluding carboxylic acids is 1. The highest BCUT2D eigenvalue weighted by atomic mass is 79.9. The molecule has 0 radical (unpaired) electrons. The lowest BCUT2D eigenvalue weighted by Gasteiger charge is -2.05. The molecular weight excluding hydrogens is 320 g/mol. The fourth-order valence-corrected chi connectivity index (χ4v) is 2.12. The predicted octanol–water partition coefficient (Wildman–Crippen LogP) is 4.11. The van der Waals surface area contributed by atoms with Crippen molar-refractivity contribution in [1.29, 1.82) is 0 Å². The molecule has 0 heterocycles. The molecule has 0 unspecified atom stereocenters. The van der Waals surface area contributed by atoms with Gasteiger partial charge in [0.1, 0.15) is 0 Å². The van der Waals surface area contributed by atoms with Crippen molar-refractivity contribution in [3.63, 3.8) is 0 Å². The number of rotatable bonds is 5. The van der Waals surface area contributed by atoms with Crippen LogP contribution in [0.15, 0.2) is 18.2 Å². The smallest absolute Gasteiger partial charge is 0.163 e. The number of hydrogen-bond donors (Lipinski definition) is 0. The number of ketones is 1. The van der Waals surface area contributed by atoms with Crippen LogP contribution in [0.25, 0.3) is 0 Å². The third-order valence-electron chi connectivity index (χ3n) is 2.26. The molecule has 1 aromatic rings. The van der Waals surface area contributed by atoms with Crippen LogP contribution in [0.4, 0.5) is 0 Å². The minimum atomic E-state index is 0.212. The summed E-state index contributed by atoms with van der Waals surface area (Å²) in [5, 5.41) is 1.53. The summed E-state index contributed by atoms with van der Waals surface area (Å²) >= 11 is 6.71. The average Bonchev–Trinajstić information content (AvgIpc) is 2.28. The molecule has 0 aliphatic heterocycles. The number of halogens is 2. The van der Waals surface area contributed by atoms with Gasteiger partial charge in [0.2, 0.25) is 0 Å². The highest BCUT2D eigenvalue weighted by Gasteiger charge is 2.07. The summed E-state index contributed by atoms with van der Waals surface area (Å²) in [6, 6.07) is 6.11. The van der Waals surface area contributed by atoms with E-state index in [1.807, 2.05) is 12.1 Å². The Morgan fingerprint density at radius 1 is 1.20 bits per heavy atom. The zero-order valence-corrected chi connectivity index (χ0v) is 11.9.